The highest BCUT2D eigenvalue weighted by Crippen LogP contribution is 2.64. The SMILES string of the molecule is O=C(NNC(=S)Nc1ccccc1)C12C[C@@H]3C[C@@H](C1)CC(n1cnc(Cl)n1)(C3)C2. The fourth-order valence-corrected chi connectivity index (χ4v) is 6.44. The van der Waals surface area contributed by atoms with Crippen LogP contribution in [0.5, 0.6) is 0 Å². The Morgan fingerprint density at radius 1 is 1.14 bits per heavy atom. The number of hydrazine groups is 1. The Hall–Kier alpha value is -2.19. The van der Waals surface area contributed by atoms with Gasteiger partial charge in [-0.15, -0.1) is 5.10 Å². The summed E-state index contributed by atoms with van der Waals surface area (Å²) in [7, 11) is 0. The van der Waals surface area contributed by atoms with E-state index < -0.39 is 5.41 Å². The van der Waals surface area contributed by atoms with Crippen molar-refractivity contribution in [3.8, 4) is 0 Å². The van der Waals surface area contributed by atoms with Crippen molar-refractivity contribution in [2.75, 3.05) is 5.32 Å². The number of hydrogen-bond donors (Lipinski definition) is 3. The largest absolute Gasteiger partial charge is 0.331 e. The molecule has 6 rings (SSSR count). The third-order valence-electron chi connectivity index (χ3n) is 6.78. The van der Waals surface area contributed by atoms with Crippen LogP contribution < -0.4 is 16.2 Å². The number of amides is 1. The van der Waals surface area contributed by atoms with E-state index in [2.05, 4.69) is 26.3 Å². The molecule has 0 unspecified atom stereocenters. The van der Waals surface area contributed by atoms with Crippen molar-refractivity contribution in [3.63, 3.8) is 0 Å². The van der Waals surface area contributed by atoms with E-state index in [0.29, 0.717) is 16.9 Å². The van der Waals surface area contributed by atoms with Crippen LogP contribution in [-0.2, 0) is 10.3 Å². The number of aromatic nitrogens is 3. The number of halogens is 1. The molecule has 4 fully saturated rings. The quantitative estimate of drug-likeness (QED) is 0.512. The van der Waals surface area contributed by atoms with E-state index in [1.54, 1.807) is 6.33 Å². The van der Waals surface area contributed by atoms with Crippen LogP contribution in [0.3, 0.4) is 0 Å². The second-order valence-corrected chi connectivity index (χ2v) is 9.57. The Kier molecular flexibility index (Phi) is 4.51. The predicted octanol–water partition coefficient (Wildman–Crippen LogP) is 3.24. The number of thiocarbonyl (C=S) groups is 1. The van der Waals surface area contributed by atoms with E-state index in [4.69, 9.17) is 23.8 Å². The van der Waals surface area contributed by atoms with E-state index in [-0.39, 0.29) is 16.7 Å². The average molecular weight is 431 g/mol. The van der Waals surface area contributed by atoms with Gasteiger partial charge in [0.25, 0.3) is 0 Å². The molecule has 4 aliphatic carbocycles. The highest BCUT2D eigenvalue weighted by atomic mass is 35.5. The standard InChI is InChI=1S/C20H23ClN6OS/c21-17-22-12-27(26-17)20-9-13-6-14(10-20)8-19(7-13,11-20)16(28)24-25-18(29)23-15-4-2-1-3-5-15/h1-5,12-14H,6-11H2,(H,24,28)(H2,23,25,29)/t13-,14-,19?,20?/m0/s1. The molecular formula is C20H23ClN6OS. The normalized spacial score (nSPS) is 32.0. The van der Waals surface area contributed by atoms with Gasteiger partial charge in [-0.1, -0.05) is 18.2 Å². The van der Waals surface area contributed by atoms with E-state index in [1.165, 1.54) is 6.42 Å². The van der Waals surface area contributed by atoms with Gasteiger partial charge in [0.15, 0.2) is 5.11 Å². The molecule has 1 amide bonds. The predicted molar refractivity (Wildman–Crippen MR) is 114 cm³/mol. The van der Waals surface area contributed by atoms with Crippen LogP contribution in [0.15, 0.2) is 36.7 Å². The molecule has 0 spiro atoms. The summed E-state index contributed by atoms with van der Waals surface area (Å²) in [5.41, 5.74) is 6.05. The fraction of sp³-hybridized carbons (Fsp3) is 0.500. The molecule has 152 valence electrons. The van der Waals surface area contributed by atoms with Gasteiger partial charge in [0, 0.05) is 5.69 Å². The lowest BCUT2D eigenvalue weighted by atomic mass is 9.46. The average Bonchev–Trinajstić information content (AvgIpc) is 3.13. The van der Waals surface area contributed by atoms with Crippen LogP contribution in [-0.4, -0.2) is 25.8 Å². The molecule has 4 aliphatic rings. The summed E-state index contributed by atoms with van der Waals surface area (Å²) in [6.07, 6.45) is 7.59. The van der Waals surface area contributed by atoms with Gasteiger partial charge in [0.2, 0.25) is 11.2 Å². The first-order chi connectivity index (χ1) is 14.0. The van der Waals surface area contributed by atoms with Crippen LogP contribution in [0.2, 0.25) is 5.28 Å². The smallest absolute Gasteiger partial charge is 0.244 e. The van der Waals surface area contributed by atoms with Crippen LogP contribution in [0.4, 0.5) is 5.69 Å². The summed E-state index contributed by atoms with van der Waals surface area (Å²) < 4.78 is 1.92. The molecule has 7 nitrogen and oxygen atoms in total. The van der Waals surface area contributed by atoms with E-state index in [9.17, 15) is 4.79 Å². The van der Waals surface area contributed by atoms with Crippen molar-refractivity contribution in [3.05, 3.63) is 41.9 Å². The van der Waals surface area contributed by atoms with Crippen LogP contribution >= 0.6 is 23.8 Å². The number of hydrogen-bond acceptors (Lipinski definition) is 4. The third kappa shape index (κ3) is 3.38. The number of nitrogens with one attached hydrogen (secondary N) is 3. The van der Waals surface area contributed by atoms with Gasteiger partial charge in [-0.2, -0.15) is 0 Å². The number of benzene rings is 1. The maximum absolute atomic E-state index is 13.3. The number of para-hydroxylation sites is 1. The van der Waals surface area contributed by atoms with Gasteiger partial charge < -0.3 is 5.32 Å². The van der Waals surface area contributed by atoms with Crippen LogP contribution in [0.25, 0.3) is 0 Å². The van der Waals surface area contributed by atoms with Crippen molar-refractivity contribution >= 4 is 40.5 Å². The molecule has 1 aromatic heterocycles. The Bertz CT molecular complexity index is 933. The number of rotatable bonds is 3. The van der Waals surface area contributed by atoms with Gasteiger partial charge in [-0.05, 0) is 86.3 Å². The van der Waals surface area contributed by atoms with Gasteiger partial charge in [0.05, 0.1) is 11.0 Å². The van der Waals surface area contributed by atoms with Gasteiger partial charge in [-0.25, -0.2) is 9.67 Å². The first-order valence-corrected chi connectivity index (χ1v) is 10.8. The summed E-state index contributed by atoms with van der Waals surface area (Å²) in [6.45, 7) is 0. The van der Waals surface area contributed by atoms with Crippen LogP contribution in [0, 0.1) is 17.3 Å². The summed E-state index contributed by atoms with van der Waals surface area (Å²) in [5.74, 6) is 1.07. The molecule has 9 heteroatoms. The number of anilines is 1. The first kappa shape index (κ1) is 18.8. The van der Waals surface area contributed by atoms with E-state index in [0.717, 1.165) is 37.8 Å². The van der Waals surface area contributed by atoms with Gasteiger partial charge >= 0.3 is 0 Å². The molecule has 0 saturated heterocycles. The van der Waals surface area contributed by atoms with Crippen molar-refractivity contribution in [2.24, 2.45) is 17.3 Å². The lowest BCUT2D eigenvalue weighted by Crippen LogP contribution is -2.62. The molecule has 2 aromatic rings. The monoisotopic (exact) mass is 430 g/mol. The molecule has 1 heterocycles. The zero-order valence-corrected chi connectivity index (χ0v) is 17.5. The van der Waals surface area contributed by atoms with E-state index >= 15 is 0 Å². The summed E-state index contributed by atoms with van der Waals surface area (Å²) >= 11 is 11.3. The zero-order chi connectivity index (χ0) is 20.1. The maximum atomic E-state index is 13.3. The summed E-state index contributed by atoms with van der Waals surface area (Å²) in [4.78, 5) is 17.4. The lowest BCUT2D eigenvalue weighted by molar-refractivity contribution is -0.156. The number of carbonyl (C=O) groups is 1. The van der Waals surface area contributed by atoms with Crippen LogP contribution in [0.1, 0.15) is 38.5 Å². The number of nitrogens with zero attached hydrogens (tertiary/aromatic N) is 3. The van der Waals surface area contributed by atoms with Crippen molar-refractivity contribution in [1.82, 2.24) is 25.6 Å². The molecule has 1 aromatic carbocycles. The van der Waals surface area contributed by atoms with Crippen molar-refractivity contribution < 1.29 is 4.79 Å². The minimum absolute atomic E-state index is 0.0133. The molecule has 0 aliphatic heterocycles. The molecule has 0 radical (unpaired) electrons. The first-order valence-electron chi connectivity index (χ1n) is 9.97. The fourth-order valence-electron chi connectivity index (χ4n) is 6.15. The van der Waals surface area contributed by atoms with Crippen molar-refractivity contribution in [1.29, 1.82) is 0 Å². The summed E-state index contributed by atoms with van der Waals surface area (Å²) in [6, 6.07) is 9.63. The highest BCUT2D eigenvalue weighted by molar-refractivity contribution is 7.80. The molecule has 3 N–H and O–H groups in total. The third-order valence-corrected chi connectivity index (χ3v) is 7.16. The minimum atomic E-state index is -0.405. The van der Waals surface area contributed by atoms with Gasteiger partial charge in [-0.3, -0.25) is 15.6 Å². The topological polar surface area (TPSA) is 83.9 Å². The molecule has 4 bridgehead atoms. The molecule has 4 saturated carbocycles. The van der Waals surface area contributed by atoms with E-state index in [1.807, 2.05) is 35.0 Å². The Morgan fingerprint density at radius 2 is 1.86 bits per heavy atom. The van der Waals surface area contributed by atoms with Crippen molar-refractivity contribution in [2.45, 2.75) is 44.1 Å². The Morgan fingerprint density at radius 3 is 2.52 bits per heavy atom. The van der Waals surface area contributed by atoms with Gasteiger partial charge in [0.1, 0.15) is 6.33 Å². The zero-order valence-electron chi connectivity index (χ0n) is 15.9. The lowest BCUT2D eigenvalue weighted by Gasteiger charge is -2.60. The maximum Gasteiger partial charge on any atom is 0.244 e. The molecule has 29 heavy (non-hydrogen) atoms. The Labute approximate surface area is 179 Å². The highest BCUT2D eigenvalue weighted by Gasteiger charge is 2.61. The second kappa shape index (κ2) is 6.95. The number of carbonyl (C=O) groups excluding carboxylic acids is 1. The minimum Gasteiger partial charge on any atom is -0.331 e. The molecular weight excluding hydrogens is 408 g/mol. The Balaban J connectivity index is 1.30. The molecule has 2 atom stereocenters. The second-order valence-electron chi connectivity index (χ2n) is 8.82. The summed E-state index contributed by atoms with van der Waals surface area (Å²) in [5, 5.41) is 8.11.